The molecule has 1 atom stereocenters. The van der Waals surface area contributed by atoms with Gasteiger partial charge in [-0.3, -0.25) is 4.79 Å². The lowest BCUT2D eigenvalue weighted by molar-refractivity contribution is -0.115. The number of hydrogen-bond acceptors (Lipinski definition) is 5. The van der Waals surface area contributed by atoms with E-state index in [1.807, 2.05) is 6.92 Å². The molecular weight excluding hydrogens is 296 g/mol. The van der Waals surface area contributed by atoms with Gasteiger partial charge in [-0.05, 0) is 31.5 Å². The van der Waals surface area contributed by atoms with Gasteiger partial charge in [-0.25, -0.2) is 8.42 Å². The summed E-state index contributed by atoms with van der Waals surface area (Å²) in [4.78, 5) is 12.0. The summed E-state index contributed by atoms with van der Waals surface area (Å²) in [7, 11) is -2.99. The van der Waals surface area contributed by atoms with E-state index in [4.69, 9.17) is 5.73 Å². The van der Waals surface area contributed by atoms with Gasteiger partial charge in [-0.2, -0.15) is 0 Å². The summed E-state index contributed by atoms with van der Waals surface area (Å²) in [6.07, 6.45) is 1.19. The van der Waals surface area contributed by atoms with Crippen molar-refractivity contribution in [1.82, 2.24) is 0 Å². The quantitative estimate of drug-likeness (QED) is 0.779. The molecule has 0 spiro atoms. The molecule has 0 bridgehead atoms. The monoisotopic (exact) mass is 316 g/mol. The minimum absolute atomic E-state index is 0.0760. The molecule has 1 aromatic rings. The Balaban J connectivity index is 2.56. The summed E-state index contributed by atoms with van der Waals surface area (Å²) in [5.74, 6) is 0.327. The summed E-state index contributed by atoms with van der Waals surface area (Å²) in [6, 6.07) is 5.34. The second-order valence-electron chi connectivity index (χ2n) is 4.65. The Labute approximate surface area is 124 Å². The lowest BCUT2D eigenvalue weighted by atomic mass is 10.1. The van der Waals surface area contributed by atoms with Gasteiger partial charge in [0.1, 0.15) is 9.84 Å². The van der Waals surface area contributed by atoms with Crippen LogP contribution in [0.4, 0.5) is 11.4 Å². The zero-order chi connectivity index (χ0) is 15.3. The molecule has 1 unspecified atom stereocenters. The zero-order valence-electron chi connectivity index (χ0n) is 11.8. The molecule has 0 saturated heterocycles. The Bertz CT molecular complexity index is 585. The van der Waals surface area contributed by atoms with Crippen molar-refractivity contribution in [3.63, 3.8) is 0 Å². The van der Waals surface area contributed by atoms with E-state index in [1.165, 1.54) is 18.0 Å². The molecule has 0 aliphatic rings. The average Bonchev–Trinajstić information content (AvgIpc) is 2.33. The fourth-order valence-electron chi connectivity index (χ4n) is 1.48. The minimum Gasteiger partial charge on any atom is -0.398 e. The molecule has 3 N–H and O–H groups in total. The minimum atomic E-state index is -2.99. The molecule has 0 saturated carbocycles. The smallest absolute Gasteiger partial charge is 0.237 e. The molecule has 7 heteroatoms. The number of benzene rings is 1. The van der Waals surface area contributed by atoms with E-state index in [2.05, 4.69) is 5.32 Å². The van der Waals surface area contributed by atoms with Crippen molar-refractivity contribution >= 4 is 38.9 Å². The van der Waals surface area contributed by atoms with Gasteiger partial charge >= 0.3 is 0 Å². The summed E-state index contributed by atoms with van der Waals surface area (Å²) < 4.78 is 22.1. The van der Waals surface area contributed by atoms with Crippen LogP contribution < -0.4 is 11.1 Å². The Morgan fingerprint density at radius 3 is 2.70 bits per heavy atom. The van der Waals surface area contributed by atoms with E-state index in [-0.39, 0.29) is 16.9 Å². The number of thioether (sulfide) groups is 1. The number of nitrogens with two attached hydrogens (primary N) is 1. The van der Waals surface area contributed by atoms with Crippen LogP contribution in [0, 0.1) is 6.92 Å². The number of hydrogen-bond donors (Lipinski definition) is 2. The van der Waals surface area contributed by atoms with Gasteiger partial charge in [-0.1, -0.05) is 6.07 Å². The van der Waals surface area contributed by atoms with Crippen molar-refractivity contribution in [2.45, 2.75) is 19.1 Å². The Morgan fingerprint density at radius 1 is 1.45 bits per heavy atom. The zero-order valence-corrected chi connectivity index (χ0v) is 13.5. The van der Waals surface area contributed by atoms with E-state index in [0.717, 1.165) is 5.56 Å². The maximum Gasteiger partial charge on any atom is 0.237 e. The fraction of sp³-hybridized carbons (Fsp3) is 0.462. The summed E-state index contributed by atoms with van der Waals surface area (Å²) in [6.45, 7) is 3.59. The van der Waals surface area contributed by atoms with Gasteiger partial charge in [0.2, 0.25) is 5.91 Å². The maximum absolute atomic E-state index is 12.0. The maximum atomic E-state index is 12.0. The molecule has 0 aliphatic heterocycles. The standard InChI is InChI=1S/C13H20N2O3S2/c1-9-11(14)5-4-6-12(9)15-13(16)10(2)19-7-8-20(3,17)18/h4-6,10H,7-8,14H2,1-3H3,(H,15,16). The number of sulfone groups is 1. The van der Waals surface area contributed by atoms with Gasteiger partial charge in [0.15, 0.2) is 0 Å². The third kappa shape index (κ3) is 5.42. The topological polar surface area (TPSA) is 89.3 Å². The highest BCUT2D eigenvalue weighted by Gasteiger charge is 2.15. The molecule has 0 radical (unpaired) electrons. The molecule has 0 fully saturated rings. The highest BCUT2D eigenvalue weighted by molar-refractivity contribution is 8.01. The second kappa shape index (κ2) is 6.99. The van der Waals surface area contributed by atoms with E-state index >= 15 is 0 Å². The predicted molar refractivity (Wildman–Crippen MR) is 85.9 cm³/mol. The average molecular weight is 316 g/mol. The lowest BCUT2D eigenvalue weighted by Crippen LogP contribution is -2.24. The second-order valence-corrected chi connectivity index (χ2v) is 8.36. The lowest BCUT2D eigenvalue weighted by Gasteiger charge is -2.14. The van der Waals surface area contributed by atoms with Crippen LogP contribution in [0.25, 0.3) is 0 Å². The number of nitrogens with one attached hydrogen (secondary N) is 1. The van der Waals surface area contributed by atoms with Crippen molar-refractivity contribution < 1.29 is 13.2 Å². The van der Waals surface area contributed by atoms with Gasteiger partial charge in [0, 0.05) is 23.4 Å². The molecular formula is C13H20N2O3S2. The first-order valence-electron chi connectivity index (χ1n) is 6.16. The molecule has 0 heterocycles. The third-order valence-electron chi connectivity index (χ3n) is 2.82. The number of carbonyl (C=O) groups excluding carboxylic acids is 1. The molecule has 20 heavy (non-hydrogen) atoms. The summed E-state index contributed by atoms with van der Waals surface area (Å²) in [5.41, 5.74) is 7.92. The highest BCUT2D eigenvalue weighted by Crippen LogP contribution is 2.22. The normalized spacial score (nSPS) is 12.9. The summed E-state index contributed by atoms with van der Waals surface area (Å²) in [5, 5.41) is 2.49. The van der Waals surface area contributed by atoms with Crippen molar-refractivity contribution in [1.29, 1.82) is 0 Å². The SMILES string of the molecule is Cc1c(N)cccc1NC(=O)C(C)SCCS(C)(=O)=O. The number of nitrogen functional groups attached to an aromatic ring is 1. The van der Waals surface area contributed by atoms with Gasteiger partial charge in [-0.15, -0.1) is 11.8 Å². The Kier molecular flexibility index (Phi) is 5.88. The Hall–Kier alpha value is -1.21. The number of anilines is 2. The van der Waals surface area contributed by atoms with Gasteiger partial charge in [0.05, 0.1) is 11.0 Å². The first kappa shape index (κ1) is 16.8. The van der Waals surface area contributed by atoms with Crippen LogP contribution in [0.5, 0.6) is 0 Å². The Morgan fingerprint density at radius 2 is 2.10 bits per heavy atom. The molecule has 0 aliphatic carbocycles. The van der Waals surface area contributed by atoms with Crippen LogP contribution in [-0.4, -0.2) is 37.3 Å². The van der Waals surface area contributed by atoms with E-state index in [0.29, 0.717) is 17.1 Å². The van der Waals surface area contributed by atoms with Crippen LogP contribution in [0.2, 0.25) is 0 Å². The van der Waals surface area contributed by atoms with E-state index < -0.39 is 9.84 Å². The van der Waals surface area contributed by atoms with Crippen LogP contribution in [-0.2, 0) is 14.6 Å². The number of rotatable bonds is 6. The molecule has 112 valence electrons. The van der Waals surface area contributed by atoms with Gasteiger partial charge in [0.25, 0.3) is 0 Å². The van der Waals surface area contributed by atoms with Crippen molar-refractivity contribution in [3.05, 3.63) is 23.8 Å². The van der Waals surface area contributed by atoms with Crippen molar-refractivity contribution in [2.24, 2.45) is 0 Å². The number of carbonyl (C=O) groups is 1. The number of amides is 1. The fourth-order valence-corrected chi connectivity index (χ4v) is 3.63. The first-order valence-corrected chi connectivity index (χ1v) is 9.27. The summed E-state index contributed by atoms with van der Waals surface area (Å²) >= 11 is 1.32. The van der Waals surface area contributed by atoms with Crippen molar-refractivity contribution in [3.8, 4) is 0 Å². The highest BCUT2D eigenvalue weighted by atomic mass is 32.2. The van der Waals surface area contributed by atoms with Crippen LogP contribution in [0.1, 0.15) is 12.5 Å². The molecule has 5 nitrogen and oxygen atoms in total. The third-order valence-corrected chi connectivity index (χ3v) is 5.18. The largest absolute Gasteiger partial charge is 0.398 e. The van der Waals surface area contributed by atoms with Crippen LogP contribution in [0.15, 0.2) is 18.2 Å². The van der Waals surface area contributed by atoms with Crippen molar-refractivity contribution in [2.75, 3.05) is 28.8 Å². The molecule has 0 aromatic heterocycles. The van der Waals surface area contributed by atoms with Gasteiger partial charge < -0.3 is 11.1 Å². The molecule has 1 aromatic carbocycles. The molecule has 1 rings (SSSR count). The predicted octanol–water partition coefficient (Wildman–Crippen LogP) is 1.68. The first-order chi connectivity index (χ1) is 9.20. The van der Waals surface area contributed by atoms with Crippen LogP contribution in [0.3, 0.4) is 0 Å². The van der Waals surface area contributed by atoms with Crippen LogP contribution >= 0.6 is 11.8 Å². The van der Waals surface area contributed by atoms with E-state index in [1.54, 1.807) is 25.1 Å². The molecule has 1 amide bonds. The van der Waals surface area contributed by atoms with E-state index in [9.17, 15) is 13.2 Å².